The van der Waals surface area contributed by atoms with E-state index in [1.165, 1.54) is 0 Å². The maximum atomic E-state index is 12.0. The van der Waals surface area contributed by atoms with Gasteiger partial charge < -0.3 is 4.74 Å². The number of alkyl halides is 6. The molecule has 0 bridgehead atoms. The molecule has 1 atom stereocenters. The van der Waals surface area contributed by atoms with E-state index in [0.29, 0.717) is 0 Å². The van der Waals surface area contributed by atoms with Gasteiger partial charge in [0.15, 0.2) is 6.17 Å². The van der Waals surface area contributed by atoms with Crippen molar-refractivity contribution >= 4 is 5.97 Å². The molecule has 1 unspecified atom stereocenters. The van der Waals surface area contributed by atoms with Gasteiger partial charge in [-0.15, -0.1) is 0 Å². The second-order valence-electron chi connectivity index (χ2n) is 2.33. The van der Waals surface area contributed by atoms with Gasteiger partial charge in [0.1, 0.15) is 13.0 Å². The Hall–Kier alpha value is -0.950. The molecule has 0 rings (SSSR count). The highest BCUT2D eigenvalue weighted by Gasteiger charge is 2.33. The highest BCUT2D eigenvalue weighted by atomic mass is 19.4. The molecular formula is C6H6F6O2. The smallest absolute Gasteiger partial charge is 0.399 e. The summed E-state index contributed by atoms with van der Waals surface area (Å²) in [6.07, 6.45) is -12.8. The number of halogens is 6. The first-order valence-electron chi connectivity index (χ1n) is 3.37. The van der Waals surface area contributed by atoms with Crippen LogP contribution in [0.1, 0.15) is 6.42 Å². The third-order valence-corrected chi connectivity index (χ3v) is 1.02. The Bertz CT molecular complexity index is 189. The molecule has 0 heterocycles. The maximum Gasteiger partial charge on any atom is 0.399 e. The second kappa shape index (κ2) is 5.06. The highest BCUT2D eigenvalue weighted by molar-refractivity contribution is 5.70. The SMILES string of the molecule is O=C(CC(F)(F)F)OCC(F)C(F)F. The Kier molecular flexibility index (Phi) is 4.72. The fraction of sp³-hybridized carbons (Fsp3) is 0.833. The van der Waals surface area contributed by atoms with Crippen molar-refractivity contribution in [3.05, 3.63) is 0 Å². The van der Waals surface area contributed by atoms with E-state index in [4.69, 9.17) is 0 Å². The molecule has 0 radical (unpaired) electrons. The predicted octanol–water partition coefficient (Wildman–Crippen LogP) is 2.09. The third kappa shape index (κ3) is 6.55. The van der Waals surface area contributed by atoms with E-state index in [2.05, 4.69) is 4.74 Å². The Labute approximate surface area is 74.8 Å². The normalized spacial score (nSPS) is 14.2. The van der Waals surface area contributed by atoms with Crippen LogP contribution in [0.25, 0.3) is 0 Å². The van der Waals surface area contributed by atoms with E-state index in [9.17, 15) is 31.1 Å². The molecule has 84 valence electrons. The van der Waals surface area contributed by atoms with E-state index in [1.54, 1.807) is 0 Å². The zero-order valence-electron chi connectivity index (χ0n) is 6.65. The lowest BCUT2D eigenvalue weighted by atomic mass is 10.4. The van der Waals surface area contributed by atoms with Crippen molar-refractivity contribution < 1.29 is 35.9 Å². The topological polar surface area (TPSA) is 26.3 Å². The van der Waals surface area contributed by atoms with Crippen LogP contribution >= 0.6 is 0 Å². The fourth-order valence-electron chi connectivity index (χ4n) is 0.460. The largest absolute Gasteiger partial charge is 0.462 e. The van der Waals surface area contributed by atoms with Crippen LogP contribution in [0.4, 0.5) is 26.3 Å². The predicted molar refractivity (Wildman–Crippen MR) is 32.5 cm³/mol. The molecule has 0 N–H and O–H groups in total. The van der Waals surface area contributed by atoms with Crippen molar-refractivity contribution in [2.24, 2.45) is 0 Å². The van der Waals surface area contributed by atoms with Gasteiger partial charge in [-0.05, 0) is 0 Å². The summed E-state index contributed by atoms with van der Waals surface area (Å²) in [6.45, 7) is -1.37. The lowest BCUT2D eigenvalue weighted by Gasteiger charge is -2.09. The monoisotopic (exact) mass is 224 g/mol. The standard InChI is InChI=1S/C6H6F6O2/c7-3(5(8)9)2-14-4(13)1-6(10,11)12/h3,5H,1-2H2. The lowest BCUT2D eigenvalue weighted by Crippen LogP contribution is -2.24. The molecular weight excluding hydrogens is 218 g/mol. The number of hydrogen-bond donors (Lipinski definition) is 0. The van der Waals surface area contributed by atoms with E-state index in [0.717, 1.165) is 0 Å². The van der Waals surface area contributed by atoms with Crippen molar-refractivity contribution in [2.45, 2.75) is 25.2 Å². The highest BCUT2D eigenvalue weighted by Crippen LogP contribution is 2.20. The van der Waals surface area contributed by atoms with Gasteiger partial charge in [0.25, 0.3) is 6.43 Å². The molecule has 0 amide bonds. The van der Waals surface area contributed by atoms with Crippen molar-refractivity contribution in [1.82, 2.24) is 0 Å². The minimum Gasteiger partial charge on any atom is -0.462 e. The molecule has 2 nitrogen and oxygen atoms in total. The molecule has 0 fully saturated rings. The quantitative estimate of drug-likeness (QED) is 0.539. The first kappa shape index (κ1) is 13.1. The summed E-state index contributed by atoms with van der Waals surface area (Å²) in [4.78, 5) is 10.2. The first-order chi connectivity index (χ1) is 6.22. The number of carbonyl (C=O) groups excluding carboxylic acids is 1. The zero-order valence-corrected chi connectivity index (χ0v) is 6.65. The molecule has 0 aliphatic heterocycles. The summed E-state index contributed by atoms with van der Waals surface area (Å²) in [5, 5.41) is 0. The lowest BCUT2D eigenvalue weighted by molar-refractivity contribution is -0.173. The van der Waals surface area contributed by atoms with Gasteiger partial charge in [-0.1, -0.05) is 0 Å². The minimum absolute atomic E-state index is 1.37. The Morgan fingerprint density at radius 2 is 1.71 bits per heavy atom. The summed E-state index contributed by atoms with van der Waals surface area (Å²) in [5.74, 6) is -1.78. The van der Waals surface area contributed by atoms with Crippen LogP contribution in [0, 0.1) is 0 Å². The molecule has 8 heteroatoms. The van der Waals surface area contributed by atoms with E-state index < -0.39 is 37.8 Å². The number of rotatable bonds is 4. The van der Waals surface area contributed by atoms with Gasteiger partial charge in [-0.2, -0.15) is 13.2 Å². The van der Waals surface area contributed by atoms with E-state index >= 15 is 0 Å². The summed E-state index contributed by atoms with van der Waals surface area (Å²) in [6, 6.07) is 0. The van der Waals surface area contributed by atoms with Gasteiger partial charge in [-0.3, -0.25) is 4.79 Å². The van der Waals surface area contributed by atoms with Crippen LogP contribution in [0.15, 0.2) is 0 Å². The van der Waals surface area contributed by atoms with Crippen molar-refractivity contribution in [2.75, 3.05) is 6.61 Å². The zero-order chi connectivity index (χ0) is 11.4. The third-order valence-electron chi connectivity index (χ3n) is 1.02. The molecule has 0 saturated heterocycles. The molecule has 0 saturated carbocycles. The van der Waals surface area contributed by atoms with Gasteiger partial charge in [0.2, 0.25) is 0 Å². The van der Waals surface area contributed by atoms with Crippen molar-refractivity contribution in [3.8, 4) is 0 Å². The number of ether oxygens (including phenoxy) is 1. The number of esters is 1. The summed E-state index contributed by atoms with van der Waals surface area (Å²) >= 11 is 0. The van der Waals surface area contributed by atoms with Crippen molar-refractivity contribution in [3.63, 3.8) is 0 Å². The van der Waals surface area contributed by atoms with Gasteiger partial charge in [0.05, 0.1) is 0 Å². The molecule has 0 aromatic rings. The van der Waals surface area contributed by atoms with Crippen molar-refractivity contribution in [1.29, 1.82) is 0 Å². The van der Waals surface area contributed by atoms with Crippen LogP contribution < -0.4 is 0 Å². The average Bonchev–Trinajstić information content (AvgIpc) is 1.96. The van der Waals surface area contributed by atoms with Crippen LogP contribution in [-0.4, -0.2) is 31.3 Å². The molecule has 0 aromatic heterocycles. The van der Waals surface area contributed by atoms with E-state index in [1.807, 2.05) is 0 Å². The molecule has 0 aliphatic rings. The molecule has 0 spiro atoms. The van der Waals surface area contributed by atoms with Gasteiger partial charge in [0, 0.05) is 0 Å². The van der Waals surface area contributed by atoms with E-state index in [-0.39, 0.29) is 0 Å². The molecule has 14 heavy (non-hydrogen) atoms. The van der Waals surface area contributed by atoms with Gasteiger partial charge >= 0.3 is 12.1 Å². The maximum absolute atomic E-state index is 12.0. The fourth-order valence-corrected chi connectivity index (χ4v) is 0.460. The summed E-state index contributed by atoms with van der Waals surface area (Å²) < 4.78 is 72.8. The Morgan fingerprint density at radius 3 is 2.07 bits per heavy atom. The number of carbonyl (C=O) groups is 1. The Morgan fingerprint density at radius 1 is 1.21 bits per heavy atom. The van der Waals surface area contributed by atoms with Gasteiger partial charge in [-0.25, -0.2) is 13.2 Å². The minimum atomic E-state index is -4.78. The van der Waals surface area contributed by atoms with Crippen LogP contribution in [0.3, 0.4) is 0 Å². The molecule has 0 aromatic carbocycles. The first-order valence-corrected chi connectivity index (χ1v) is 3.37. The van der Waals surface area contributed by atoms with Crippen LogP contribution in [0.5, 0.6) is 0 Å². The summed E-state index contributed by atoms with van der Waals surface area (Å²) in [7, 11) is 0. The molecule has 0 aliphatic carbocycles. The second-order valence-corrected chi connectivity index (χ2v) is 2.33. The Balaban J connectivity index is 3.75. The van der Waals surface area contributed by atoms with Crippen LogP contribution in [-0.2, 0) is 9.53 Å². The van der Waals surface area contributed by atoms with Crippen LogP contribution in [0.2, 0.25) is 0 Å². The average molecular weight is 224 g/mol. The summed E-state index contributed by atoms with van der Waals surface area (Å²) in [5.41, 5.74) is 0. The number of hydrogen-bond acceptors (Lipinski definition) is 2.